The molecule has 0 fully saturated rings. The molecule has 19 heavy (non-hydrogen) atoms. The molecule has 0 bridgehead atoms. The number of Topliss-reactive ketones (excluding diaryl/α,β-unsaturated/α-hetero) is 1. The van der Waals surface area contributed by atoms with Crippen molar-refractivity contribution in [2.24, 2.45) is 0 Å². The van der Waals surface area contributed by atoms with E-state index in [0.717, 1.165) is 16.9 Å². The zero-order chi connectivity index (χ0) is 14.8. The average molecular weight is 299 g/mol. The molecule has 1 N–H and O–H groups in total. The number of anilines is 1. The zero-order valence-electron chi connectivity index (χ0n) is 9.58. The van der Waals surface area contributed by atoms with Crippen molar-refractivity contribution >= 4 is 21.5 Å². The van der Waals surface area contributed by atoms with Gasteiger partial charge < -0.3 is 0 Å². The minimum Gasteiger partial charge on any atom is -0.294 e. The van der Waals surface area contributed by atoms with Crippen molar-refractivity contribution in [3.8, 4) is 0 Å². The van der Waals surface area contributed by atoms with E-state index in [4.69, 9.17) is 0 Å². The lowest BCUT2D eigenvalue weighted by molar-refractivity contribution is -0.0429. The number of ketones is 1. The predicted molar refractivity (Wildman–Crippen MR) is 59.6 cm³/mol. The summed E-state index contributed by atoms with van der Waals surface area (Å²) in [4.78, 5) is 11.2. The molecule has 1 rings (SSSR count). The van der Waals surface area contributed by atoms with Crippen LogP contribution in [0.5, 0.6) is 0 Å². The highest BCUT2D eigenvalue weighted by Crippen LogP contribution is 2.27. The number of rotatable bonds is 4. The van der Waals surface area contributed by atoms with E-state index in [-0.39, 0.29) is 12.0 Å². The Labute approximate surface area is 106 Å². The van der Waals surface area contributed by atoms with E-state index in [2.05, 4.69) is 0 Å². The van der Waals surface area contributed by atoms with Crippen molar-refractivity contribution in [2.75, 3.05) is 4.72 Å². The monoisotopic (exact) mass is 299 g/mol. The molecule has 0 heterocycles. The molecule has 0 unspecified atom stereocenters. The molecule has 0 aliphatic rings. The van der Waals surface area contributed by atoms with Crippen LogP contribution in [-0.4, -0.2) is 19.7 Å². The van der Waals surface area contributed by atoms with Gasteiger partial charge in [0.2, 0.25) is 0 Å². The number of hydrogen-bond donors (Lipinski definition) is 1. The molecule has 0 atom stereocenters. The van der Waals surface area contributed by atoms with E-state index in [9.17, 15) is 30.8 Å². The first-order chi connectivity index (χ1) is 8.58. The molecule has 1 aromatic rings. The van der Waals surface area contributed by atoms with Crippen molar-refractivity contribution in [1.29, 1.82) is 0 Å². The number of carbonyl (C=O) groups is 1. The maximum atomic E-state index is 13.4. The maximum Gasteiger partial charge on any atom is 0.516 e. The predicted octanol–water partition coefficient (Wildman–Crippen LogP) is 2.68. The van der Waals surface area contributed by atoms with Gasteiger partial charge in [-0.2, -0.15) is 21.6 Å². The molecule has 0 aliphatic heterocycles. The van der Waals surface area contributed by atoms with Crippen LogP contribution in [0.3, 0.4) is 0 Å². The van der Waals surface area contributed by atoms with Gasteiger partial charge in [0.1, 0.15) is 5.82 Å². The van der Waals surface area contributed by atoms with Gasteiger partial charge in [0, 0.05) is 12.0 Å². The van der Waals surface area contributed by atoms with Crippen LogP contribution in [0.4, 0.5) is 23.2 Å². The molecule has 1 aromatic carbocycles. The van der Waals surface area contributed by atoms with E-state index in [1.54, 1.807) is 0 Å². The summed E-state index contributed by atoms with van der Waals surface area (Å²) in [6, 6.07) is 2.49. The van der Waals surface area contributed by atoms with Crippen LogP contribution >= 0.6 is 0 Å². The van der Waals surface area contributed by atoms with Crippen molar-refractivity contribution in [2.45, 2.75) is 18.9 Å². The standard InChI is InChI=1S/C10H9F4NO3S/c1-2-9(16)6-3-4-8(7(11)5-6)15-19(17,18)10(12,13)14/h3-5,15H,2H2,1H3. The molecular formula is C10H9F4NO3S. The van der Waals surface area contributed by atoms with Gasteiger partial charge in [-0.25, -0.2) is 4.39 Å². The number of alkyl halides is 3. The van der Waals surface area contributed by atoms with Gasteiger partial charge in [-0.3, -0.25) is 9.52 Å². The van der Waals surface area contributed by atoms with Crippen molar-refractivity contribution in [3.63, 3.8) is 0 Å². The van der Waals surface area contributed by atoms with E-state index in [1.165, 1.54) is 6.92 Å². The highest BCUT2D eigenvalue weighted by Gasteiger charge is 2.46. The summed E-state index contributed by atoms with van der Waals surface area (Å²) in [7, 11) is -5.69. The Kier molecular flexibility index (Phi) is 4.18. The summed E-state index contributed by atoms with van der Waals surface area (Å²) in [6.45, 7) is 1.53. The van der Waals surface area contributed by atoms with Gasteiger partial charge in [-0.05, 0) is 18.2 Å². The topological polar surface area (TPSA) is 63.2 Å². The average Bonchev–Trinajstić information content (AvgIpc) is 2.29. The van der Waals surface area contributed by atoms with E-state index >= 15 is 0 Å². The lowest BCUT2D eigenvalue weighted by Crippen LogP contribution is -2.30. The molecule has 0 amide bonds. The Morgan fingerprint density at radius 2 is 1.89 bits per heavy atom. The van der Waals surface area contributed by atoms with E-state index in [1.807, 2.05) is 0 Å². The molecule has 0 radical (unpaired) electrons. The summed E-state index contributed by atoms with van der Waals surface area (Å²) < 4.78 is 72.3. The molecule has 0 saturated heterocycles. The van der Waals surface area contributed by atoms with Crippen LogP contribution in [0.1, 0.15) is 23.7 Å². The van der Waals surface area contributed by atoms with Gasteiger partial charge in [0.05, 0.1) is 5.69 Å². The minimum absolute atomic E-state index is 0.0463. The largest absolute Gasteiger partial charge is 0.516 e. The van der Waals surface area contributed by atoms with E-state index < -0.39 is 32.8 Å². The normalized spacial score (nSPS) is 12.3. The van der Waals surface area contributed by atoms with Crippen LogP contribution in [-0.2, 0) is 10.0 Å². The first kappa shape index (κ1) is 15.4. The Morgan fingerprint density at radius 3 is 2.32 bits per heavy atom. The minimum atomic E-state index is -5.69. The van der Waals surface area contributed by atoms with Gasteiger partial charge in [-0.1, -0.05) is 6.92 Å². The van der Waals surface area contributed by atoms with Crippen molar-refractivity contribution < 1.29 is 30.8 Å². The Bertz CT molecular complexity index is 595. The molecule has 0 spiro atoms. The molecule has 0 saturated carbocycles. The summed E-state index contributed by atoms with van der Waals surface area (Å²) in [5.74, 6) is -1.67. The van der Waals surface area contributed by atoms with Crippen LogP contribution in [0.15, 0.2) is 18.2 Å². The third-order valence-electron chi connectivity index (χ3n) is 2.16. The lowest BCUT2D eigenvalue weighted by atomic mass is 10.1. The summed E-state index contributed by atoms with van der Waals surface area (Å²) >= 11 is 0. The zero-order valence-corrected chi connectivity index (χ0v) is 10.4. The number of nitrogens with one attached hydrogen (secondary N) is 1. The molecular weight excluding hydrogens is 290 g/mol. The number of benzene rings is 1. The molecule has 9 heteroatoms. The lowest BCUT2D eigenvalue weighted by Gasteiger charge is -2.11. The van der Waals surface area contributed by atoms with Gasteiger partial charge >= 0.3 is 15.5 Å². The Balaban J connectivity index is 3.09. The fraction of sp³-hybridized carbons (Fsp3) is 0.300. The van der Waals surface area contributed by atoms with Crippen LogP contribution < -0.4 is 4.72 Å². The first-order valence-corrected chi connectivity index (χ1v) is 6.48. The Morgan fingerprint density at radius 1 is 1.32 bits per heavy atom. The molecule has 106 valence electrons. The number of sulfonamides is 1. The second kappa shape index (κ2) is 5.16. The van der Waals surface area contributed by atoms with Gasteiger partial charge in [0.15, 0.2) is 5.78 Å². The molecule has 0 aliphatic carbocycles. The van der Waals surface area contributed by atoms with Crippen LogP contribution in [0.2, 0.25) is 0 Å². The number of carbonyl (C=O) groups excluding carboxylic acids is 1. The van der Waals surface area contributed by atoms with Crippen molar-refractivity contribution in [3.05, 3.63) is 29.6 Å². The fourth-order valence-corrected chi connectivity index (χ4v) is 1.75. The van der Waals surface area contributed by atoms with E-state index in [0.29, 0.717) is 6.07 Å². The fourth-order valence-electron chi connectivity index (χ4n) is 1.18. The summed E-state index contributed by atoms with van der Waals surface area (Å²) in [5, 5.41) is 0. The Hall–Kier alpha value is -1.64. The number of halogens is 4. The highest BCUT2D eigenvalue weighted by molar-refractivity contribution is 7.93. The van der Waals surface area contributed by atoms with Crippen LogP contribution in [0, 0.1) is 5.82 Å². The molecule has 4 nitrogen and oxygen atoms in total. The van der Waals surface area contributed by atoms with Gasteiger partial charge in [-0.15, -0.1) is 0 Å². The smallest absolute Gasteiger partial charge is 0.294 e. The first-order valence-electron chi connectivity index (χ1n) is 5.00. The van der Waals surface area contributed by atoms with Crippen LogP contribution in [0.25, 0.3) is 0 Å². The summed E-state index contributed by atoms with van der Waals surface area (Å²) in [6.07, 6.45) is 0.0903. The highest BCUT2D eigenvalue weighted by atomic mass is 32.2. The second-order valence-corrected chi connectivity index (χ2v) is 5.20. The van der Waals surface area contributed by atoms with Gasteiger partial charge in [0.25, 0.3) is 0 Å². The molecule has 0 aromatic heterocycles. The third kappa shape index (κ3) is 3.43. The number of hydrogen-bond acceptors (Lipinski definition) is 3. The quantitative estimate of drug-likeness (QED) is 0.686. The van der Waals surface area contributed by atoms with Crippen molar-refractivity contribution in [1.82, 2.24) is 0 Å². The second-order valence-electron chi connectivity index (χ2n) is 3.52. The SMILES string of the molecule is CCC(=O)c1ccc(NS(=O)(=O)C(F)(F)F)c(F)c1. The maximum absolute atomic E-state index is 13.4. The third-order valence-corrected chi connectivity index (χ3v) is 3.26. The summed E-state index contributed by atoms with van der Waals surface area (Å²) in [5.41, 5.74) is -6.46.